The van der Waals surface area contributed by atoms with Gasteiger partial charge in [-0.3, -0.25) is 4.98 Å². The van der Waals surface area contributed by atoms with Gasteiger partial charge < -0.3 is 4.52 Å². The lowest BCUT2D eigenvalue weighted by Crippen LogP contribution is -1.90. The maximum absolute atomic E-state index is 5.99. The quantitative estimate of drug-likeness (QED) is 0.751. The van der Waals surface area contributed by atoms with E-state index in [9.17, 15) is 0 Å². The van der Waals surface area contributed by atoms with Crippen molar-refractivity contribution < 1.29 is 4.52 Å². The Hall–Kier alpha value is -1.42. The van der Waals surface area contributed by atoms with E-state index in [0.717, 1.165) is 12.0 Å². The molecular formula is C10H10ClN3O. The first-order valence-electron chi connectivity index (χ1n) is 4.69. The Labute approximate surface area is 92.3 Å². The van der Waals surface area contributed by atoms with Crippen molar-refractivity contribution in [2.45, 2.75) is 18.7 Å². The summed E-state index contributed by atoms with van der Waals surface area (Å²) < 4.78 is 5.09. The van der Waals surface area contributed by atoms with E-state index in [1.54, 1.807) is 12.4 Å². The van der Waals surface area contributed by atoms with Gasteiger partial charge in [0.25, 0.3) is 5.89 Å². The molecule has 0 radical (unpaired) electrons. The van der Waals surface area contributed by atoms with E-state index >= 15 is 0 Å². The van der Waals surface area contributed by atoms with Crippen molar-refractivity contribution in [2.75, 3.05) is 0 Å². The fourth-order valence-electron chi connectivity index (χ4n) is 1.15. The lowest BCUT2D eigenvalue weighted by molar-refractivity contribution is 0.421. The summed E-state index contributed by atoms with van der Waals surface area (Å²) in [5.74, 6) is 0.982. The molecule has 0 amide bonds. The van der Waals surface area contributed by atoms with E-state index in [-0.39, 0.29) is 5.38 Å². The largest absolute Gasteiger partial charge is 0.334 e. The minimum absolute atomic E-state index is 0.195. The fraction of sp³-hybridized carbons (Fsp3) is 0.300. The molecule has 1 atom stereocenters. The molecule has 0 aliphatic heterocycles. The van der Waals surface area contributed by atoms with Crippen molar-refractivity contribution in [3.05, 3.63) is 30.4 Å². The number of halogens is 1. The number of hydrogen-bond donors (Lipinski definition) is 0. The van der Waals surface area contributed by atoms with Crippen LogP contribution in [-0.2, 0) is 0 Å². The van der Waals surface area contributed by atoms with Crippen LogP contribution in [0.5, 0.6) is 0 Å². The van der Waals surface area contributed by atoms with Gasteiger partial charge in [0.05, 0.1) is 10.9 Å². The highest BCUT2D eigenvalue weighted by molar-refractivity contribution is 6.20. The molecule has 0 aromatic carbocycles. The van der Waals surface area contributed by atoms with Crippen LogP contribution in [0, 0.1) is 0 Å². The Balaban J connectivity index is 2.28. The van der Waals surface area contributed by atoms with Crippen molar-refractivity contribution in [2.24, 2.45) is 0 Å². The maximum atomic E-state index is 5.99. The predicted octanol–water partition coefficient (Wildman–Crippen LogP) is 2.82. The number of nitrogens with zero attached hydrogens (tertiary/aromatic N) is 3. The Morgan fingerprint density at radius 3 is 3.07 bits per heavy atom. The van der Waals surface area contributed by atoms with Crippen LogP contribution in [0.3, 0.4) is 0 Å². The van der Waals surface area contributed by atoms with Gasteiger partial charge in [-0.15, -0.1) is 11.6 Å². The monoisotopic (exact) mass is 223 g/mol. The molecule has 78 valence electrons. The second-order valence-corrected chi connectivity index (χ2v) is 3.60. The van der Waals surface area contributed by atoms with Crippen molar-refractivity contribution in [3.63, 3.8) is 0 Å². The first-order valence-corrected chi connectivity index (χ1v) is 5.13. The smallest absolute Gasteiger partial charge is 0.259 e. The SMILES string of the molecule is CCC(Cl)c1noc(-c2cccnc2)n1. The molecule has 5 heteroatoms. The summed E-state index contributed by atoms with van der Waals surface area (Å²) in [6.45, 7) is 1.97. The third-order valence-corrected chi connectivity index (χ3v) is 2.49. The molecule has 0 aliphatic carbocycles. The van der Waals surface area contributed by atoms with Crippen LogP contribution < -0.4 is 0 Å². The van der Waals surface area contributed by atoms with Crippen LogP contribution in [0.2, 0.25) is 0 Å². The van der Waals surface area contributed by atoms with Crippen LogP contribution in [-0.4, -0.2) is 15.1 Å². The first kappa shape index (κ1) is 10.1. The Morgan fingerprint density at radius 2 is 2.40 bits per heavy atom. The number of rotatable bonds is 3. The van der Waals surface area contributed by atoms with Gasteiger partial charge in [0.2, 0.25) is 0 Å². The van der Waals surface area contributed by atoms with E-state index in [1.807, 2.05) is 19.1 Å². The lowest BCUT2D eigenvalue weighted by atomic mass is 10.3. The highest BCUT2D eigenvalue weighted by Crippen LogP contribution is 2.23. The number of aromatic nitrogens is 3. The molecule has 2 aromatic heterocycles. The van der Waals surface area contributed by atoms with E-state index < -0.39 is 0 Å². The van der Waals surface area contributed by atoms with Gasteiger partial charge in [-0.1, -0.05) is 12.1 Å². The van der Waals surface area contributed by atoms with E-state index in [0.29, 0.717) is 11.7 Å². The Kier molecular flexibility index (Phi) is 2.97. The van der Waals surface area contributed by atoms with Crippen molar-refractivity contribution in [1.29, 1.82) is 0 Å². The topological polar surface area (TPSA) is 51.8 Å². The van der Waals surface area contributed by atoms with Crippen LogP contribution in [0.4, 0.5) is 0 Å². The van der Waals surface area contributed by atoms with Crippen molar-refractivity contribution in [1.82, 2.24) is 15.1 Å². The van der Waals surface area contributed by atoms with E-state index in [4.69, 9.17) is 16.1 Å². The standard InChI is InChI=1S/C10H10ClN3O/c1-2-8(11)9-13-10(15-14-9)7-4-3-5-12-6-7/h3-6,8H,2H2,1H3. The molecule has 0 saturated heterocycles. The summed E-state index contributed by atoms with van der Waals surface area (Å²) in [7, 11) is 0. The minimum atomic E-state index is -0.195. The summed E-state index contributed by atoms with van der Waals surface area (Å²) in [6, 6.07) is 3.68. The second-order valence-electron chi connectivity index (χ2n) is 3.08. The average molecular weight is 224 g/mol. The van der Waals surface area contributed by atoms with E-state index in [1.165, 1.54) is 0 Å². The number of hydrogen-bond acceptors (Lipinski definition) is 4. The van der Waals surface area contributed by atoms with Crippen LogP contribution in [0.1, 0.15) is 24.5 Å². The molecule has 1 unspecified atom stereocenters. The first-order chi connectivity index (χ1) is 7.31. The third-order valence-electron chi connectivity index (χ3n) is 1.99. The molecule has 0 N–H and O–H groups in total. The maximum Gasteiger partial charge on any atom is 0.259 e. The van der Waals surface area contributed by atoms with Crippen LogP contribution in [0.25, 0.3) is 11.5 Å². The molecular weight excluding hydrogens is 214 g/mol. The van der Waals surface area contributed by atoms with Crippen LogP contribution in [0.15, 0.2) is 29.0 Å². The molecule has 2 aromatic rings. The lowest BCUT2D eigenvalue weighted by Gasteiger charge is -1.96. The van der Waals surface area contributed by atoms with Gasteiger partial charge in [0.15, 0.2) is 5.82 Å². The Bertz CT molecular complexity index is 429. The number of pyridine rings is 1. The molecule has 0 fully saturated rings. The average Bonchev–Trinajstić information content (AvgIpc) is 2.78. The van der Waals surface area contributed by atoms with Gasteiger partial charge >= 0.3 is 0 Å². The highest BCUT2D eigenvalue weighted by atomic mass is 35.5. The number of alkyl halides is 1. The van der Waals surface area contributed by atoms with Gasteiger partial charge in [0.1, 0.15) is 0 Å². The molecule has 0 saturated carbocycles. The molecule has 15 heavy (non-hydrogen) atoms. The summed E-state index contributed by atoms with van der Waals surface area (Å²) in [4.78, 5) is 8.18. The van der Waals surface area contributed by atoms with Gasteiger partial charge in [-0.05, 0) is 18.6 Å². The summed E-state index contributed by atoms with van der Waals surface area (Å²) in [5, 5.41) is 3.62. The van der Waals surface area contributed by atoms with Gasteiger partial charge in [0, 0.05) is 12.4 Å². The zero-order valence-electron chi connectivity index (χ0n) is 8.22. The van der Waals surface area contributed by atoms with Gasteiger partial charge in [-0.2, -0.15) is 4.98 Å². The molecule has 2 heterocycles. The Morgan fingerprint density at radius 1 is 1.53 bits per heavy atom. The second kappa shape index (κ2) is 4.40. The predicted molar refractivity (Wildman–Crippen MR) is 56.4 cm³/mol. The zero-order chi connectivity index (χ0) is 10.7. The molecule has 4 nitrogen and oxygen atoms in total. The highest BCUT2D eigenvalue weighted by Gasteiger charge is 2.14. The third kappa shape index (κ3) is 2.15. The van der Waals surface area contributed by atoms with Crippen LogP contribution >= 0.6 is 11.6 Å². The molecule has 0 bridgehead atoms. The van der Waals surface area contributed by atoms with E-state index in [2.05, 4.69) is 15.1 Å². The normalized spacial score (nSPS) is 12.7. The molecule has 0 spiro atoms. The van der Waals surface area contributed by atoms with Crippen molar-refractivity contribution in [3.8, 4) is 11.5 Å². The molecule has 0 aliphatic rings. The zero-order valence-corrected chi connectivity index (χ0v) is 8.98. The summed E-state index contributed by atoms with van der Waals surface area (Å²) in [6.07, 6.45) is 4.14. The van der Waals surface area contributed by atoms with Crippen molar-refractivity contribution >= 4 is 11.6 Å². The van der Waals surface area contributed by atoms with Gasteiger partial charge in [-0.25, -0.2) is 0 Å². The minimum Gasteiger partial charge on any atom is -0.334 e. The summed E-state index contributed by atoms with van der Waals surface area (Å²) in [5.41, 5.74) is 0.802. The molecule has 2 rings (SSSR count). The summed E-state index contributed by atoms with van der Waals surface area (Å²) >= 11 is 5.99. The fourth-order valence-corrected chi connectivity index (χ4v) is 1.24.